The van der Waals surface area contributed by atoms with Gasteiger partial charge in [-0.15, -0.1) is 0 Å². The maximum atomic E-state index is 12.2. The van der Waals surface area contributed by atoms with Gasteiger partial charge in [-0.3, -0.25) is 0 Å². The van der Waals surface area contributed by atoms with E-state index in [1.807, 2.05) is 28.7 Å². The smallest absolute Gasteiger partial charge is 0.344 e. The molecule has 1 heterocycles. The van der Waals surface area contributed by atoms with E-state index in [0.29, 0.717) is 3.57 Å². The van der Waals surface area contributed by atoms with Crippen molar-refractivity contribution in [3.05, 3.63) is 54.7 Å². The minimum Gasteiger partial charge on any atom is -0.419 e. The lowest BCUT2D eigenvalue weighted by atomic mass is 10.1. The second-order valence-corrected chi connectivity index (χ2v) is 6.45. The van der Waals surface area contributed by atoms with Crippen molar-refractivity contribution < 1.29 is 19.1 Å². The van der Waals surface area contributed by atoms with E-state index < -0.39 is 11.9 Å². The fraction of sp³-hybridized carbons (Fsp3) is 0. The number of ether oxygens (including phenoxy) is 2. The SMILES string of the molecule is O=C1Oc2cc(I)cc(I)c2OC(=O)c2ccccc21. The molecule has 0 spiro atoms. The van der Waals surface area contributed by atoms with E-state index in [1.54, 1.807) is 30.3 Å². The molecule has 2 aromatic carbocycles. The molecule has 0 N–H and O–H groups in total. The van der Waals surface area contributed by atoms with Crippen LogP contribution in [0, 0.1) is 7.14 Å². The third-order valence-corrected chi connectivity index (χ3v) is 4.16. The molecule has 4 nitrogen and oxygen atoms in total. The molecule has 1 aliphatic rings. The Morgan fingerprint density at radius 2 is 1.45 bits per heavy atom. The van der Waals surface area contributed by atoms with Crippen LogP contribution in [0.15, 0.2) is 36.4 Å². The fourth-order valence-corrected chi connectivity index (χ4v) is 3.75. The Kier molecular flexibility index (Phi) is 3.67. The molecule has 0 aromatic heterocycles. The van der Waals surface area contributed by atoms with Gasteiger partial charge in [0.15, 0.2) is 11.5 Å². The molecule has 20 heavy (non-hydrogen) atoms. The maximum Gasteiger partial charge on any atom is 0.344 e. The molecule has 0 saturated heterocycles. The van der Waals surface area contributed by atoms with E-state index in [0.717, 1.165) is 3.57 Å². The van der Waals surface area contributed by atoms with Gasteiger partial charge in [0.05, 0.1) is 14.7 Å². The number of hydrogen-bond acceptors (Lipinski definition) is 4. The van der Waals surface area contributed by atoms with Crippen molar-refractivity contribution in [2.24, 2.45) is 0 Å². The Balaban J connectivity index is 2.19. The minimum atomic E-state index is -0.559. The van der Waals surface area contributed by atoms with Gasteiger partial charge in [0.25, 0.3) is 0 Å². The van der Waals surface area contributed by atoms with Crippen LogP contribution in [0.25, 0.3) is 0 Å². The standard InChI is InChI=1S/C14H6I2O4/c15-7-5-10(16)12-11(6-7)19-13(17)8-3-1-2-4-9(8)14(18)20-12/h1-6H. The van der Waals surface area contributed by atoms with Crippen LogP contribution in [0.2, 0.25) is 0 Å². The monoisotopic (exact) mass is 492 g/mol. The van der Waals surface area contributed by atoms with E-state index in [1.165, 1.54) is 0 Å². The third-order valence-electron chi connectivity index (χ3n) is 2.74. The van der Waals surface area contributed by atoms with Crippen LogP contribution in [-0.4, -0.2) is 11.9 Å². The summed E-state index contributed by atoms with van der Waals surface area (Å²) in [6.07, 6.45) is 0. The van der Waals surface area contributed by atoms with E-state index in [-0.39, 0.29) is 22.6 Å². The summed E-state index contributed by atoms with van der Waals surface area (Å²) in [7, 11) is 0. The summed E-state index contributed by atoms with van der Waals surface area (Å²) in [5, 5.41) is 0. The van der Waals surface area contributed by atoms with Crippen molar-refractivity contribution in [3.8, 4) is 11.5 Å². The number of rotatable bonds is 0. The molecule has 0 radical (unpaired) electrons. The zero-order valence-electron chi connectivity index (χ0n) is 9.85. The first kappa shape index (κ1) is 13.8. The lowest BCUT2D eigenvalue weighted by molar-refractivity contribution is 0.0646. The highest BCUT2D eigenvalue weighted by atomic mass is 127. The number of halogens is 2. The van der Waals surface area contributed by atoms with Crippen molar-refractivity contribution in [2.45, 2.75) is 0 Å². The molecule has 0 fully saturated rings. The van der Waals surface area contributed by atoms with Crippen molar-refractivity contribution >= 4 is 57.1 Å². The van der Waals surface area contributed by atoms with Gasteiger partial charge in [-0.05, 0) is 69.4 Å². The van der Waals surface area contributed by atoms with Crippen LogP contribution < -0.4 is 9.47 Å². The lowest BCUT2D eigenvalue weighted by Gasteiger charge is -2.17. The summed E-state index contributed by atoms with van der Waals surface area (Å²) in [5.41, 5.74) is 0.412. The first-order chi connectivity index (χ1) is 9.56. The number of carbonyl (C=O) groups excluding carboxylic acids is 2. The van der Waals surface area contributed by atoms with Crippen molar-refractivity contribution in [2.75, 3.05) is 0 Å². The molecule has 100 valence electrons. The Bertz CT molecular complexity index is 740. The van der Waals surface area contributed by atoms with Crippen LogP contribution in [0.5, 0.6) is 11.5 Å². The van der Waals surface area contributed by atoms with Crippen LogP contribution in [0.4, 0.5) is 0 Å². The lowest BCUT2D eigenvalue weighted by Crippen LogP contribution is -2.21. The average Bonchev–Trinajstić information content (AvgIpc) is 2.41. The Labute approximate surface area is 141 Å². The topological polar surface area (TPSA) is 52.6 Å². The summed E-state index contributed by atoms with van der Waals surface area (Å²) >= 11 is 4.15. The number of fused-ring (bicyclic) bond motifs is 2. The summed E-state index contributed by atoms with van der Waals surface area (Å²) in [4.78, 5) is 24.3. The van der Waals surface area contributed by atoms with Gasteiger partial charge in [0.1, 0.15) is 0 Å². The highest BCUT2D eigenvalue weighted by molar-refractivity contribution is 14.1. The average molecular weight is 492 g/mol. The largest absolute Gasteiger partial charge is 0.419 e. The molecule has 0 unspecified atom stereocenters. The molecule has 6 heteroatoms. The van der Waals surface area contributed by atoms with Crippen LogP contribution in [-0.2, 0) is 0 Å². The second-order valence-electron chi connectivity index (χ2n) is 4.04. The van der Waals surface area contributed by atoms with Gasteiger partial charge in [0, 0.05) is 3.57 Å². The molecule has 0 aliphatic carbocycles. The Morgan fingerprint density at radius 1 is 0.850 bits per heavy atom. The molecule has 2 aromatic rings. The van der Waals surface area contributed by atoms with E-state index in [9.17, 15) is 9.59 Å². The second kappa shape index (κ2) is 5.32. The van der Waals surface area contributed by atoms with E-state index >= 15 is 0 Å². The number of esters is 2. The molecule has 0 bridgehead atoms. The van der Waals surface area contributed by atoms with Gasteiger partial charge in [0.2, 0.25) is 0 Å². The number of benzene rings is 2. The number of hydrogen-bond donors (Lipinski definition) is 0. The highest BCUT2D eigenvalue weighted by Gasteiger charge is 2.27. The molecule has 0 atom stereocenters. The molecule has 0 amide bonds. The molecule has 1 aliphatic heterocycles. The van der Waals surface area contributed by atoms with Gasteiger partial charge >= 0.3 is 11.9 Å². The summed E-state index contributed by atoms with van der Waals surface area (Å²) < 4.78 is 12.3. The first-order valence-electron chi connectivity index (χ1n) is 5.58. The maximum absolute atomic E-state index is 12.2. The predicted octanol–water partition coefficient (Wildman–Crippen LogP) is 3.65. The quantitative estimate of drug-likeness (QED) is 0.321. The fourth-order valence-electron chi connectivity index (χ4n) is 1.85. The van der Waals surface area contributed by atoms with Gasteiger partial charge < -0.3 is 9.47 Å². The summed E-state index contributed by atoms with van der Waals surface area (Å²) in [6.45, 7) is 0. The van der Waals surface area contributed by atoms with E-state index in [2.05, 4.69) is 22.6 Å². The predicted molar refractivity (Wildman–Crippen MR) is 88.2 cm³/mol. The van der Waals surface area contributed by atoms with Gasteiger partial charge in [-0.25, -0.2) is 9.59 Å². The van der Waals surface area contributed by atoms with Crippen LogP contribution >= 0.6 is 45.2 Å². The summed E-state index contributed by atoms with van der Waals surface area (Å²) in [6, 6.07) is 9.95. The number of carbonyl (C=O) groups is 2. The van der Waals surface area contributed by atoms with Gasteiger partial charge in [-0.2, -0.15) is 0 Å². The molecular weight excluding hydrogens is 486 g/mol. The normalized spacial score (nSPS) is 13.5. The van der Waals surface area contributed by atoms with Crippen LogP contribution in [0.3, 0.4) is 0 Å². The molecule has 3 rings (SSSR count). The Morgan fingerprint density at radius 3 is 2.10 bits per heavy atom. The zero-order valence-corrected chi connectivity index (χ0v) is 14.2. The minimum absolute atomic E-state index is 0.206. The third kappa shape index (κ3) is 2.41. The van der Waals surface area contributed by atoms with Crippen molar-refractivity contribution in [1.82, 2.24) is 0 Å². The van der Waals surface area contributed by atoms with Crippen molar-refractivity contribution in [1.29, 1.82) is 0 Å². The molecule has 0 saturated carbocycles. The zero-order chi connectivity index (χ0) is 14.3. The highest BCUT2D eigenvalue weighted by Crippen LogP contribution is 2.37. The van der Waals surface area contributed by atoms with E-state index in [4.69, 9.17) is 9.47 Å². The molecular formula is C14H6I2O4. The summed E-state index contributed by atoms with van der Waals surface area (Å²) in [5.74, 6) is -0.582. The Hall–Kier alpha value is -1.16. The van der Waals surface area contributed by atoms with Crippen LogP contribution in [0.1, 0.15) is 20.7 Å². The first-order valence-corrected chi connectivity index (χ1v) is 7.74. The van der Waals surface area contributed by atoms with Gasteiger partial charge in [-0.1, -0.05) is 12.1 Å². The van der Waals surface area contributed by atoms with Crippen molar-refractivity contribution in [3.63, 3.8) is 0 Å².